The minimum atomic E-state index is 0.179. The predicted octanol–water partition coefficient (Wildman–Crippen LogP) is 3.67. The Labute approximate surface area is 126 Å². The Balaban J connectivity index is 1.89. The third-order valence-electron chi connectivity index (χ3n) is 4.47. The molecule has 1 N–H and O–H groups in total. The molecule has 0 amide bonds. The van der Waals surface area contributed by atoms with Gasteiger partial charge < -0.3 is 9.84 Å². The van der Waals surface area contributed by atoms with Crippen molar-refractivity contribution in [3.05, 3.63) is 47.6 Å². The van der Waals surface area contributed by atoms with Crippen LogP contribution in [0.15, 0.2) is 34.9 Å². The van der Waals surface area contributed by atoms with Gasteiger partial charge in [0.2, 0.25) is 5.89 Å². The molecule has 4 heteroatoms. The Morgan fingerprint density at radius 1 is 1.33 bits per heavy atom. The Morgan fingerprint density at radius 3 is 2.81 bits per heavy atom. The first-order valence-corrected chi connectivity index (χ1v) is 7.91. The Morgan fingerprint density at radius 2 is 2.14 bits per heavy atom. The SMILES string of the molecule is CCC(C)C(c1ccccc1)c1nc(C2CCCN2)no1. The van der Waals surface area contributed by atoms with Crippen molar-refractivity contribution in [1.82, 2.24) is 15.5 Å². The van der Waals surface area contributed by atoms with E-state index in [0.29, 0.717) is 5.92 Å². The monoisotopic (exact) mass is 285 g/mol. The molecule has 112 valence electrons. The van der Waals surface area contributed by atoms with Crippen LogP contribution in [0.2, 0.25) is 0 Å². The summed E-state index contributed by atoms with van der Waals surface area (Å²) in [6.45, 7) is 5.49. The van der Waals surface area contributed by atoms with Gasteiger partial charge in [-0.15, -0.1) is 0 Å². The summed E-state index contributed by atoms with van der Waals surface area (Å²) in [5, 5.41) is 7.64. The van der Waals surface area contributed by atoms with Crippen molar-refractivity contribution >= 4 is 0 Å². The summed E-state index contributed by atoms with van der Waals surface area (Å²) in [7, 11) is 0. The minimum absolute atomic E-state index is 0.179. The Hall–Kier alpha value is -1.68. The topological polar surface area (TPSA) is 51.0 Å². The lowest BCUT2D eigenvalue weighted by Gasteiger charge is -2.19. The molecule has 3 rings (SSSR count). The molecule has 21 heavy (non-hydrogen) atoms. The largest absolute Gasteiger partial charge is 0.339 e. The van der Waals surface area contributed by atoms with Gasteiger partial charge in [-0.1, -0.05) is 55.8 Å². The standard InChI is InChI=1S/C17H23N3O/c1-3-12(2)15(13-8-5-4-6-9-13)17-19-16(20-21-17)14-10-7-11-18-14/h4-6,8-9,12,14-15,18H,3,7,10-11H2,1-2H3. The number of benzene rings is 1. The predicted molar refractivity (Wildman–Crippen MR) is 82.0 cm³/mol. The van der Waals surface area contributed by atoms with E-state index >= 15 is 0 Å². The number of nitrogens with zero attached hydrogens (tertiary/aromatic N) is 2. The summed E-state index contributed by atoms with van der Waals surface area (Å²) in [5.41, 5.74) is 1.25. The molecule has 2 aromatic rings. The van der Waals surface area contributed by atoms with Crippen molar-refractivity contribution in [2.24, 2.45) is 5.92 Å². The van der Waals surface area contributed by atoms with Gasteiger partial charge in [-0.05, 0) is 30.9 Å². The van der Waals surface area contributed by atoms with Crippen LogP contribution in [0, 0.1) is 5.92 Å². The first-order valence-electron chi connectivity index (χ1n) is 7.91. The zero-order chi connectivity index (χ0) is 14.7. The minimum Gasteiger partial charge on any atom is -0.339 e. The van der Waals surface area contributed by atoms with Gasteiger partial charge in [-0.2, -0.15) is 4.98 Å². The van der Waals surface area contributed by atoms with Crippen LogP contribution in [-0.2, 0) is 0 Å². The maximum absolute atomic E-state index is 5.62. The molecule has 1 fully saturated rings. The number of aromatic nitrogens is 2. The van der Waals surface area contributed by atoms with Crippen LogP contribution in [0.4, 0.5) is 0 Å². The Bertz CT molecular complexity index is 560. The third-order valence-corrected chi connectivity index (χ3v) is 4.47. The van der Waals surface area contributed by atoms with E-state index in [1.807, 2.05) is 6.07 Å². The van der Waals surface area contributed by atoms with Crippen molar-refractivity contribution in [3.8, 4) is 0 Å². The molecule has 1 aromatic heterocycles. The molecule has 1 saturated heterocycles. The van der Waals surface area contributed by atoms with Gasteiger partial charge in [0.1, 0.15) is 0 Å². The molecule has 0 spiro atoms. The zero-order valence-electron chi connectivity index (χ0n) is 12.7. The third kappa shape index (κ3) is 3.00. The lowest BCUT2D eigenvalue weighted by molar-refractivity contribution is 0.326. The van der Waals surface area contributed by atoms with Crippen molar-refractivity contribution in [3.63, 3.8) is 0 Å². The quantitative estimate of drug-likeness (QED) is 0.910. The molecule has 2 heterocycles. The van der Waals surface area contributed by atoms with Crippen LogP contribution in [0.3, 0.4) is 0 Å². The smallest absolute Gasteiger partial charge is 0.234 e. The molecule has 1 aliphatic heterocycles. The van der Waals surface area contributed by atoms with Crippen LogP contribution < -0.4 is 5.32 Å². The van der Waals surface area contributed by atoms with E-state index in [0.717, 1.165) is 31.1 Å². The molecule has 0 bridgehead atoms. The highest BCUT2D eigenvalue weighted by Gasteiger charge is 2.28. The number of rotatable bonds is 5. The van der Waals surface area contributed by atoms with E-state index in [1.54, 1.807) is 0 Å². The van der Waals surface area contributed by atoms with E-state index in [1.165, 1.54) is 12.0 Å². The van der Waals surface area contributed by atoms with Crippen molar-refractivity contribution in [2.75, 3.05) is 6.54 Å². The van der Waals surface area contributed by atoms with E-state index < -0.39 is 0 Å². The van der Waals surface area contributed by atoms with Gasteiger partial charge in [0.25, 0.3) is 0 Å². The molecule has 1 aromatic carbocycles. The summed E-state index contributed by atoms with van der Waals surface area (Å²) < 4.78 is 5.62. The van der Waals surface area contributed by atoms with E-state index in [2.05, 4.69) is 48.6 Å². The molecule has 0 radical (unpaired) electrons. The highest BCUT2D eigenvalue weighted by atomic mass is 16.5. The number of hydrogen-bond acceptors (Lipinski definition) is 4. The normalized spacial score (nSPS) is 21.3. The van der Waals surface area contributed by atoms with Crippen molar-refractivity contribution < 1.29 is 4.52 Å². The van der Waals surface area contributed by atoms with Crippen LogP contribution in [0.1, 0.15) is 62.3 Å². The van der Waals surface area contributed by atoms with Crippen LogP contribution >= 0.6 is 0 Å². The fourth-order valence-electron chi connectivity index (χ4n) is 3.03. The van der Waals surface area contributed by atoms with Crippen molar-refractivity contribution in [2.45, 2.75) is 45.1 Å². The summed E-state index contributed by atoms with van der Waals surface area (Å²) in [4.78, 5) is 4.70. The average molecular weight is 285 g/mol. The second kappa shape index (κ2) is 6.39. The molecular weight excluding hydrogens is 262 g/mol. The van der Waals surface area contributed by atoms with Crippen molar-refractivity contribution in [1.29, 1.82) is 0 Å². The Kier molecular flexibility index (Phi) is 4.34. The van der Waals surface area contributed by atoms with Gasteiger partial charge in [0.15, 0.2) is 5.82 Å². The molecule has 3 atom stereocenters. The molecule has 3 unspecified atom stereocenters. The van der Waals surface area contributed by atoms with Gasteiger partial charge in [-0.25, -0.2) is 0 Å². The number of nitrogens with one attached hydrogen (secondary N) is 1. The summed E-state index contributed by atoms with van der Waals surface area (Å²) >= 11 is 0. The summed E-state index contributed by atoms with van der Waals surface area (Å²) in [6.07, 6.45) is 3.36. The second-order valence-corrected chi connectivity index (χ2v) is 5.91. The van der Waals surface area contributed by atoms with Gasteiger partial charge in [0.05, 0.1) is 12.0 Å². The lowest BCUT2D eigenvalue weighted by Crippen LogP contribution is -2.15. The summed E-state index contributed by atoms with van der Waals surface area (Å²) in [5.74, 6) is 2.21. The molecule has 4 nitrogen and oxygen atoms in total. The van der Waals surface area contributed by atoms with Gasteiger partial charge in [0, 0.05) is 0 Å². The second-order valence-electron chi connectivity index (χ2n) is 5.91. The maximum atomic E-state index is 5.62. The van der Waals surface area contributed by atoms with Gasteiger partial charge in [-0.3, -0.25) is 0 Å². The summed E-state index contributed by atoms with van der Waals surface area (Å²) in [6, 6.07) is 10.7. The first kappa shape index (κ1) is 14.3. The van der Waals surface area contributed by atoms with E-state index in [-0.39, 0.29) is 12.0 Å². The van der Waals surface area contributed by atoms with E-state index in [4.69, 9.17) is 9.51 Å². The average Bonchev–Trinajstić information content (AvgIpc) is 3.19. The first-order chi connectivity index (χ1) is 10.3. The molecular formula is C17H23N3O. The van der Waals surface area contributed by atoms with Crippen LogP contribution in [0.5, 0.6) is 0 Å². The highest BCUT2D eigenvalue weighted by molar-refractivity contribution is 5.25. The molecule has 0 aliphatic carbocycles. The fraction of sp³-hybridized carbons (Fsp3) is 0.529. The van der Waals surface area contributed by atoms with E-state index in [9.17, 15) is 0 Å². The molecule has 0 saturated carbocycles. The zero-order valence-corrected chi connectivity index (χ0v) is 12.7. The number of hydrogen-bond donors (Lipinski definition) is 1. The maximum Gasteiger partial charge on any atom is 0.234 e. The molecule has 1 aliphatic rings. The van der Waals surface area contributed by atoms with Gasteiger partial charge >= 0.3 is 0 Å². The fourth-order valence-corrected chi connectivity index (χ4v) is 3.03. The van der Waals surface area contributed by atoms with Crippen LogP contribution in [0.25, 0.3) is 0 Å². The highest BCUT2D eigenvalue weighted by Crippen LogP contribution is 2.33. The lowest BCUT2D eigenvalue weighted by atomic mass is 9.85. The van der Waals surface area contributed by atoms with Crippen LogP contribution in [-0.4, -0.2) is 16.7 Å².